The van der Waals surface area contributed by atoms with E-state index < -0.39 is 0 Å². The van der Waals surface area contributed by atoms with Crippen molar-refractivity contribution in [2.45, 2.75) is 12.1 Å². The fraction of sp³-hybridized carbons (Fsp3) is 0.0833. The van der Waals surface area contributed by atoms with Crippen LogP contribution in [0.2, 0.25) is 0 Å². The molecule has 0 unspecified atom stereocenters. The molecular weight excluding hydrogens is 424 g/mol. The fourth-order valence-electron chi connectivity index (χ4n) is 3.03. The highest BCUT2D eigenvalue weighted by molar-refractivity contribution is 7.99. The van der Waals surface area contributed by atoms with E-state index in [1.165, 1.54) is 22.9 Å². The van der Waals surface area contributed by atoms with Crippen LogP contribution in [0.3, 0.4) is 0 Å². The van der Waals surface area contributed by atoms with Crippen molar-refractivity contribution in [2.75, 3.05) is 5.75 Å². The summed E-state index contributed by atoms with van der Waals surface area (Å²) in [4.78, 5) is 30.1. The highest BCUT2D eigenvalue weighted by Gasteiger charge is 2.14. The normalized spacial score (nSPS) is 11.2. The lowest BCUT2D eigenvalue weighted by molar-refractivity contribution is -0.118. The zero-order valence-electron chi connectivity index (χ0n) is 17.2. The molecule has 0 aliphatic carbocycles. The van der Waals surface area contributed by atoms with Gasteiger partial charge in [0.25, 0.3) is 11.5 Å². The topological polar surface area (TPSA) is 96.6 Å². The standard InChI is InChI=1S/C24H20N4O3S/c1-16-6-10-18(11-7-16)28-23(31)20-4-2-3-5-21(20)26-24(28)32-15-22(30)27-25-14-17-8-12-19(29)13-9-17/h2-14,29H,15H2,1H3,(H,27,30)/b25-14+. The molecule has 1 amide bonds. The van der Waals surface area contributed by atoms with Crippen LogP contribution < -0.4 is 11.0 Å². The first-order valence-electron chi connectivity index (χ1n) is 9.84. The third kappa shape index (κ3) is 4.87. The molecular formula is C24H20N4O3S. The molecule has 160 valence electrons. The van der Waals surface area contributed by atoms with E-state index in [0.29, 0.717) is 21.7 Å². The lowest BCUT2D eigenvalue weighted by atomic mass is 10.2. The van der Waals surface area contributed by atoms with Gasteiger partial charge >= 0.3 is 0 Å². The van der Waals surface area contributed by atoms with Crippen molar-refractivity contribution in [3.8, 4) is 11.4 Å². The van der Waals surface area contributed by atoms with E-state index in [2.05, 4.69) is 15.5 Å². The van der Waals surface area contributed by atoms with Gasteiger partial charge in [0.1, 0.15) is 5.75 Å². The maximum Gasteiger partial charge on any atom is 0.266 e. The molecule has 0 spiro atoms. The fourth-order valence-corrected chi connectivity index (χ4v) is 3.84. The second kappa shape index (κ2) is 9.49. The number of thioether (sulfide) groups is 1. The Morgan fingerprint density at radius 1 is 1.09 bits per heavy atom. The smallest absolute Gasteiger partial charge is 0.266 e. The van der Waals surface area contributed by atoms with Gasteiger partial charge in [-0.25, -0.2) is 10.4 Å². The number of para-hydroxylation sites is 1. The molecule has 4 rings (SSSR count). The highest BCUT2D eigenvalue weighted by atomic mass is 32.2. The van der Waals surface area contributed by atoms with Crippen molar-refractivity contribution in [1.82, 2.24) is 15.0 Å². The van der Waals surface area contributed by atoms with Crippen LogP contribution in [0, 0.1) is 6.92 Å². The number of phenols is 1. The average Bonchev–Trinajstić information content (AvgIpc) is 2.80. The Bertz CT molecular complexity index is 1350. The Morgan fingerprint density at radius 3 is 2.56 bits per heavy atom. The molecule has 0 radical (unpaired) electrons. The predicted octanol–water partition coefficient (Wildman–Crippen LogP) is 3.64. The summed E-state index contributed by atoms with van der Waals surface area (Å²) in [6.45, 7) is 1.98. The van der Waals surface area contributed by atoms with E-state index in [1.54, 1.807) is 30.3 Å². The van der Waals surface area contributed by atoms with Gasteiger partial charge in [0, 0.05) is 0 Å². The Hall–Kier alpha value is -3.91. The Balaban J connectivity index is 1.56. The number of nitrogens with one attached hydrogen (secondary N) is 1. The number of carbonyl (C=O) groups is 1. The van der Waals surface area contributed by atoms with Crippen LogP contribution in [0.4, 0.5) is 0 Å². The first-order chi connectivity index (χ1) is 15.5. The highest BCUT2D eigenvalue weighted by Crippen LogP contribution is 2.21. The number of phenolic OH excluding ortho intramolecular Hbond substituents is 1. The first-order valence-corrected chi connectivity index (χ1v) is 10.8. The van der Waals surface area contributed by atoms with Gasteiger partial charge in [0.05, 0.1) is 28.6 Å². The summed E-state index contributed by atoms with van der Waals surface area (Å²) in [6.07, 6.45) is 1.48. The van der Waals surface area contributed by atoms with Gasteiger partial charge in [-0.05, 0) is 61.0 Å². The molecule has 0 aliphatic heterocycles. The Kier molecular flexibility index (Phi) is 6.32. The van der Waals surface area contributed by atoms with Crippen molar-refractivity contribution in [1.29, 1.82) is 0 Å². The largest absolute Gasteiger partial charge is 0.508 e. The SMILES string of the molecule is Cc1ccc(-n2c(SCC(=O)N/N=C/c3ccc(O)cc3)nc3ccccc3c2=O)cc1. The van der Waals surface area contributed by atoms with Gasteiger partial charge in [-0.2, -0.15) is 5.10 Å². The number of amides is 1. The summed E-state index contributed by atoms with van der Waals surface area (Å²) in [6, 6.07) is 21.2. The third-order valence-corrected chi connectivity index (χ3v) is 5.60. The number of benzene rings is 3. The quantitative estimate of drug-likeness (QED) is 0.205. The lowest BCUT2D eigenvalue weighted by Crippen LogP contribution is -2.24. The van der Waals surface area contributed by atoms with Crippen LogP contribution in [0.25, 0.3) is 16.6 Å². The summed E-state index contributed by atoms with van der Waals surface area (Å²) in [5.41, 5.74) is 5.36. The van der Waals surface area contributed by atoms with E-state index in [-0.39, 0.29) is 23.0 Å². The number of aryl methyl sites for hydroxylation is 1. The Morgan fingerprint density at radius 2 is 1.81 bits per heavy atom. The van der Waals surface area contributed by atoms with E-state index in [0.717, 1.165) is 22.9 Å². The summed E-state index contributed by atoms with van der Waals surface area (Å²) in [5.74, 6) is -0.142. The molecule has 0 aliphatic rings. The van der Waals surface area contributed by atoms with Gasteiger partial charge in [-0.15, -0.1) is 0 Å². The maximum absolute atomic E-state index is 13.2. The predicted molar refractivity (Wildman–Crippen MR) is 127 cm³/mol. The van der Waals surface area contributed by atoms with E-state index in [9.17, 15) is 14.7 Å². The van der Waals surface area contributed by atoms with Crippen molar-refractivity contribution in [3.63, 3.8) is 0 Å². The number of hydrogen-bond acceptors (Lipinski definition) is 6. The van der Waals surface area contributed by atoms with Crippen LogP contribution >= 0.6 is 11.8 Å². The molecule has 0 bridgehead atoms. The van der Waals surface area contributed by atoms with E-state index in [1.807, 2.05) is 37.3 Å². The van der Waals surface area contributed by atoms with Crippen molar-refractivity contribution in [2.24, 2.45) is 5.10 Å². The van der Waals surface area contributed by atoms with Crippen LogP contribution in [-0.2, 0) is 4.79 Å². The minimum Gasteiger partial charge on any atom is -0.508 e. The number of aromatic nitrogens is 2. The number of nitrogens with zero attached hydrogens (tertiary/aromatic N) is 3. The molecule has 1 aromatic heterocycles. The van der Waals surface area contributed by atoms with Gasteiger partial charge in [0.2, 0.25) is 0 Å². The van der Waals surface area contributed by atoms with E-state index in [4.69, 9.17) is 0 Å². The molecule has 0 saturated carbocycles. The molecule has 0 saturated heterocycles. The summed E-state index contributed by atoms with van der Waals surface area (Å²) in [5, 5.41) is 14.2. The molecule has 4 aromatic rings. The minimum atomic E-state index is -0.331. The van der Waals surface area contributed by atoms with Gasteiger partial charge in [-0.1, -0.05) is 41.6 Å². The molecule has 1 heterocycles. The molecule has 3 aromatic carbocycles. The maximum atomic E-state index is 13.2. The second-order valence-corrected chi connectivity index (χ2v) is 8.00. The van der Waals surface area contributed by atoms with Crippen molar-refractivity contribution in [3.05, 3.63) is 94.3 Å². The average molecular weight is 445 g/mol. The van der Waals surface area contributed by atoms with Crippen LogP contribution in [-0.4, -0.2) is 32.5 Å². The minimum absolute atomic E-state index is 0.0313. The lowest BCUT2D eigenvalue weighted by Gasteiger charge is -2.13. The molecule has 8 heteroatoms. The Labute approximate surface area is 188 Å². The van der Waals surface area contributed by atoms with Crippen LogP contribution in [0.5, 0.6) is 5.75 Å². The van der Waals surface area contributed by atoms with Crippen molar-refractivity contribution < 1.29 is 9.90 Å². The third-order valence-electron chi connectivity index (χ3n) is 4.67. The zero-order chi connectivity index (χ0) is 22.5. The summed E-state index contributed by atoms with van der Waals surface area (Å²) < 4.78 is 1.53. The number of carbonyl (C=O) groups excluding carboxylic acids is 1. The number of hydrazone groups is 1. The number of hydrogen-bond donors (Lipinski definition) is 2. The molecule has 0 fully saturated rings. The molecule has 32 heavy (non-hydrogen) atoms. The van der Waals surface area contributed by atoms with Gasteiger partial charge in [-0.3, -0.25) is 14.2 Å². The van der Waals surface area contributed by atoms with Crippen LogP contribution in [0.15, 0.2) is 87.8 Å². The van der Waals surface area contributed by atoms with Gasteiger partial charge in [0.15, 0.2) is 5.16 Å². The molecule has 2 N–H and O–H groups in total. The number of rotatable bonds is 6. The number of fused-ring (bicyclic) bond motifs is 1. The first kappa shape index (κ1) is 21.3. The van der Waals surface area contributed by atoms with Crippen LogP contribution in [0.1, 0.15) is 11.1 Å². The monoisotopic (exact) mass is 444 g/mol. The number of aromatic hydroxyl groups is 1. The summed E-state index contributed by atoms with van der Waals surface area (Å²) in [7, 11) is 0. The molecule has 0 atom stereocenters. The van der Waals surface area contributed by atoms with Crippen molar-refractivity contribution >= 4 is 34.8 Å². The zero-order valence-corrected chi connectivity index (χ0v) is 18.0. The van der Waals surface area contributed by atoms with Gasteiger partial charge < -0.3 is 5.11 Å². The van der Waals surface area contributed by atoms with E-state index >= 15 is 0 Å². The second-order valence-electron chi connectivity index (χ2n) is 7.06. The summed E-state index contributed by atoms with van der Waals surface area (Å²) >= 11 is 1.16. The molecule has 7 nitrogen and oxygen atoms in total.